The van der Waals surface area contributed by atoms with Gasteiger partial charge in [-0.1, -0.05) is 46.3 Å². The number of hydrogen-bond acceptors (Lipinski definition) is 5. The summed E-state index contributed by atoms with van der Waals surface area (Å²) in [6.45, 7) is 5.29. The molecule has 0 aliphatic heterocycles. The van der Waals surface area contributed by atoms with Crippen molar-refractivity contribution in [2.75, 3.05) is 5.75 Å². The van der Waals surface area contributed by atoms with Crippen LogP contribution < -0.4 is 0 Å². The smallest absolute Gasteiger partial charge is 0.336 e. The minimum atomic E-state index is -3.73. The van der Waals surface area contributed by atoms with Gasteiger partial charge in [0.25, 0.3) is 0 Å². The minimum absolute atomic E-state index is 0.112. The lowest BCUT2D eigenvalue weighted by Crippen LogP contribution is -2.38. The van der Waals surface area contributed by atoms with Gasteiger partial charge in [-0.3, -0.25) is 0 Å². The van der Waals surface area contributed by atoms with E-state index in [2.05, 4.69) is 15.9 Å². The maximum absolute atomic E-state index is 12.7. The maximum Gasteiger partial charge on any atom is 0.336 e. The van der Waals surface area contributed by atoms with E-state index in [1.165, 1.54) is 12.1 Å². The highest BCUT2D eigenvalue weighted by molar-refractivity contribution is 9.10. The van der Waals surface area contributed by atoms with E-state index in [1.54, 1.807) is 32.9 Å². The molecule has 5 nitrogen and oxygen atoms in total. The van der Waals surface area contributed by atoms with Crippen LogP contribution in [0.2, 0.25) is 0 Å². The molecule has 0 saturated heterocycles. The van der Waals surface area contributed by atoms with Gasteiger partial charge in [0.1, 0.15) is 5.60 Å². The van der Waals surface area contributed by atoms with Crippen LogP contribution in [0.15, 0.2) is 64.0 Å². The molecule has 0 heterocycles. The summed E-state index contributed by atoms with van der Waals surface area (Å²) in [5.41, 5.74) is 0.0967. The average Bonchev–Trinajstić information content (AvgIpc) is 2.58. The minimum Gasteiger partial charge on any atom is -0.458 e. The van der Waals surface area contributed by atoms with Crippen LogP contribution in [-0.4, -0.2) is 31.8 Å². The van der Waals surface area contributed by atoms with Crippen molar-refractivity contribution in [1.29, 1.82) is 0 Å². The summed E-state index contributed by atoms with van der Waals surface area (Å²) in [5, 5.41) is 0. The molecule has 0 fully saturated rings. The van der Waals surface area contributed by atoms with Crippen molar-refractivity contribution in [2.24, 2.45) is 0 Å². The Morgan fingerprint density at radius 1 is 1.04 bits per heavy atom. The molecular weight excluding hydrogens is 432 g/mol. The van der Waals surface area contributed by atoms with Crippen LogP contribution in [0.3, 0.4) is 0 Å². The van der Waals surface area contributed by atoms with Crippen molar-refractivity contribution in [1.82, 2.24) is 0 Å². The van der Waals surface area contributed by atoms with E-state index in [0.29, 0.717) is 0 Å². The number of carbonyl (C=O) groups excluding carboxylic acids is 1. The maximum atomic E-state index is 12.7. The zero-order valence-electron chi connectivity index (χ0n) is 15.5. The van der Waals surface area contributed by atoms with Gasteiger partial charge in [-0.25, -0.2) is 13.2 Å². The van der Waals surface area contributed by atoms with Gasteiger partial charge in [0.05, 0.1) is 17.3 Å². The first-order chi connectivity index (χ1) is 12.6. The van der Waals surface area contributed by atoms with Gasteiger partial charge >= 0.3 is 5.97 Å². The molecule has 7 heteroatoms. The fourth-order valence-electron chi connectivity index (χ4n) is 2.26. The summed E-state index contributed by atoms with van der Waals surface area (Å²) in [5.74, 6) is -1.18. The Labute approximate surface area is 168 Å². The van der Waals surface area contributed by atoms with E-state index < -0.39 is 33.3 Å². The van der Waals surface area contributed by atoms with E-state index in [4.69, 9.17) is 9.47 Å². The zero-order valence-corrected chi connectivity index (χ0v) is 17.9. The Morgan fingerprint density at radius 3 is 2.19 bits per heavy atom. The number of ether oxygens (including phenoxy) is 2. The molecule has 0 aromatic heterocycles. The third kappa shape index (κ3) is 7.08. The van der Waals surface area contributed by atoms with E-state index >= 15 is 0 Å². The quantitative estimate of drug-likeness (QED) is 0.587. The molecule has 0 saturated carbocycles. The predicted molar refractivity (Wildman–Crippen MR) is 107 cm³/mol. The Kier molecular flexibility index (Phi) is 7.19. The second-order valence-electron chi connectivity index (χ2n) is 7.05. The number of esters is 1. The predicted octanol–water partition coefficient (Wildman–Crippen LogP) is 4.15. The van der Waals surface area contributed by atoms with Crippen molar-refractivity contribution in [3.8, 4) is 0 Å². The third-order valence-corrected chi connectivity index (χ3v) is 5.77. The molecular formula is C20H23BrO5S. The van der Waals surface area contributed by atoms with Crippen molar-refractivity contribution in [3.05, 3.63) is 64.6 Å². The summed E-state index contributed by atoms with van der Waals surface area (Å²) >= 11 is 3.28. The molecule has 0 aliphatic rings. The second kappa shape index (κ2) is 8.99. The lowest BCUT2D eigenvalue weighted by molar-refractivity contribution is -0.167. The largest absolute Gasteiger partial charge is 0.458 e. The first-order valence-electron chi connectivity index (χ1n) is 8.43. The highest BCUT2D eigenvalue weighted by Gasteiger charge is 2.31. The summed E-state index contributed by atoms with van der Waals surface area (Å²) in [6.07, 6.45) is -1.22. The molecule has 0 radical (unpaired) electrons. The van der Waals surface area contributed by atoms with Gasteiger partial charge in [-0.15, -0.1) is 0 Å². The molecule has 2 aromatic carbocycles. The molecule has 0 amide bonds. The van der Waals surface area contributed by atoms with Crippen LogP contribution in [0, 0.1) is 0 Å². The molecule has 0 aliphatic carbocycles. The molecule has 0 bridgehead atoms. The Morgan fingerprint density at radius 2 is 1.63 bits per heavy atom. The average molecular weight is 455 g/mol. The lowest BCUT2D eigenvalue weighted by atomic mass is 10.2. The summed E-state index contributed by atoms with van der Waals surface area (Å²) in [6, 6.07) is 15.5. The molecule has 1 atom stereocenters. The third-order valence-electron chi connectivity index (χ3n) is 3.51. The zero-order chi connectivity index (χ0) is 20.1. The van der Waals surface area contributed by atoms with Crippen LogP contribution >= 0.6 is 15.9 Å². The van der Waals surface area contributed by atoms with E-state index in [9.17, 15) is 13.2 Å². The molecule has 1 unspecified atom stereocenters. The van der Waals surface area contributed by atoms with Crippen molar-refractivity contribution >= 4 is 31.7 Å². The Hall–Kier alpha value is -1.70. The first kappa shape index (κ1) is 21.6. The SMILES string of the molecule is CC(C)(C)OC(=O)C(CS(=O)(=O)c1ccc(Br)cc1)OCc1ccccc1. The number of hydrogen-bond donors (Lipinski definition) is 0. The van der Waals surface area contributed by atoms with E-state index in [0.717, 1.165) is 10.0 Å². The highest BCUT2D eigenvalue weighted by atomic mass is 79.9. The van der Waals surface area contributed by atoms with Crippen LogP contribution in [0.1, 0.15) is 26.3 Å². The number of rotatable bonds is 7. The molecule has 0 spiro atoms. The van der Waals surface area contributed by atoms with Crippen LogP contribution in [0.4, 0.5) is 0 Å². The van der Waals surface area contributed by atoms with E-state index in [-0.39, 0.29) is 11.5 Å². The number of benzene rings is 2. The summed E-state index contributed by atoms with van der Waals surface area (Å²) in [7, 11) is -3.73. The van der Waals surface area contributed by atoms with Crippen LogP contribution in [0.25, 0.3) is 0 Å². The number of carbonyl (C=O) groups is 1. The fraction of sp³-hybridized carbons (Fsp3) is 0.350. The van der Waals surface area contributed by atoms with E-state index in [1.807, 2.05) is 30.3 Å². The normalized spacial score (nSPS) is 13.2. The number of halogens is 1. The molecule has 2 rings (SSSR count). The Bertz CT molecular complexity index is 855. The monoisotopic (exact) mass is 454 g/mol. The van der Waals surface area contributed by atoms with Crippen molar-refractivity contribution < 1.29 is 22.7 Å². The molecule has 2 aromatic rings. The lowest BCUT2D eigenvalue weighted by Gasteiger charge is -2.24. The van der Waals surface area contributed by atoms with Gasteiger partial charge < -0.3 is 9.47 Å². The topological polar surface area (TPSA) is 69.7 Å². The molecule has 0 N–H and O–H groups in total. The fourth-order valence-corrected chi connectivity index (χ4v) is 3.90. The first-order valence-corrected chi connectivity index (χ1v) is 10.9. The van der Waals surface area contributed by atoms with Gasteiger partial charge in [-0.2, -0.15) is 0 Å². The highest BCUT2D eigenvalue weighted by Crippen LogP contribution is 2.19. The molecule has 27 heavy (non-hydrogen) atoms. The summed E-state index contributed by atoms with van der Waals surface area (Å²) < 4.78 is 37.2. The number of sulfone groups is 1. The van der Waals surface area contributed by atoms with Crippen molar-refractivity contribution in [2.45, 2.75) is 44.0 Å². The van der Waals surface area contributed by atoms with Gasteiger partial charge in [0.15, 0.2) is 15.9 Å². The molecule has 146 valence electrons. The van der Waals surface area contributed by atoms with Crippen LogP contribution in [-0.2, 0) is 30.7 Å². The summed E-state index contributed by atoms with van der Waals surface area (Å²) in [4.78, 5) is 12.7. The van der Waals surface area contributed by atoms with Crippen molar-refractivity contribution in [3.63, 3.8) is 0 Å². The Balaban J connectivity index is 2.19. The standard InChI is InChI=1S/C20H23BrO5S/c1-20(2,3)26-19(22)18(25-13-15-7-5-4-6-8-15)14-27(23,24)17-11-9-16(21)10-12-17/h4-12,18H,13-14H2,1-3H3. The van der Waals surface area contributed by atoms with Gasteiger partial charge in [-0.05, 0) is 50.6 Å². The van der Waals surface area contributed by atoms with Gasteiger partial charge in [0.2, 0.25) is 0 Å². The van der Waals surface area contributed by atoms with Crippen LogP contribution in [0.5, 0.6) is 0 Å². The second-order valence-corrected chi connectivity index (χ2v) is 10.0. The van der Waals surface area contributed by atoms with Gasteiger partial charge in [0, 0.05) is 4.47 Å².